The molecule has 0 fully saturated rings. The fourth-order valence-corrected chi connectivity index (χ4v) is 4.17. The monoisotopic (exact) mass is 354 g/mol. The fraction of sp³-hybridized carbons (Fsp3) is 0.500. The van der Waals surface area contributed by atoms with Crippen molar-refractivity contribution in [1.82, 2.24) is 10.0 Å². The van der Waals surface area contributed by atoms with E-state index in [0.29, 0.717) is 0 Å². The molecule has 1 heterocycles. The molecule has 5 nitrogen and oxygen atoms in total. The summed E-state index contributed by atoms with van der Waals surface area (Å²) in [5.74, 6) is -0.360. The van der Waals surface area contributed by atoms with E-state index in [1.54, 1.807) is 6.07 Å². The van der Waals surface area contributed by atoms with E-state index in [2.05, 4.69) is 26.0 Å². The number of nitrogens with one attached hydrogen (secondary N) is 2. The molecule has 18 heavy (non-hydrogen) atoms. The van der Waals surface area contributed by atoms with Crippen LogP contribution < -0.4 is 10.0 Å². The number of thiophene rings is 1. The first-order valence-corrected chi connectivity index (χ1v) is 8.25. The van der Waals surface area contributed by atoms with E-state index in [-0.39, 0.29) is 22.2 Å². The van der Waals surface area contributed by atoms with Crippen LogP contribution in [0.25, 0.3) is 0 Å². The van der Waals surface area contributed by atoms with Crippen molar-refractivity contribution in [2.45, 2.75) is 30.5 Å². The van der Waals surface area contributed by atoms with Crippen LogP contribution in [0.1, 0.15) is 20.8 Å². The van der Waals surface area contributed by atoms with Gasteiger partial charge >= 0.3 is 0 Å². The Balaban J connectivity index is 2.61. The predicted octanol–water partition coefficient (Wildman–Crippen LogP) is 1.70. The molecule has 1 aromatic rings. The molecule has 0 radical (unpaired) electrons. The Morgan fingerprint density at radius 2 is 2.00 bits per heavy atom. The molecule has 0 spiro atoms. The molecule has 0 atom stereocenters. The molecular formula is C10H15BrN2O3S2. The summed E-state index contributed by atoms with van der Waals surface area (Å²) in [6.07, 6.45) is 0. The van der Waals surface area contributed by atoms with Gasteiger partial charge in [0.25, 0.3) is 10.0 Å². The zero-order valence-electron chi connectivity index (χ0n) is 10.3. The van der Waals surface area contributed by atoms with Crippen LogP contribution in [-0.2, 0) is 14.8 Å². The number of hydrogen-bond acceptors (Lipinski definition) is 4. The Labute approximate surface area is 119 Å². The summed E-state index contributed by atoms with van der Waals surface area (Å²) in [5.41, 5.74) is -0.380. The van der Waals surface area contributed by atoms with Gasteiger partial charge in [-0.1, -0.05) is 0 Å². The third kappa shape index (κ3) is 5.05. The zero-order valence-corrected chi connectivity index (χ0v) is 13.5. The highest BCUT2D eigenvalue weighted by atomic mass is 79.9. The molecule has 0 bridgehead atoms. The standard InChI is InChI=1S/C10H15BrN2O3S2/c1-10(2,3)13-8(14)6-12-18(15,16)9-5-4-7(11)17-9/h4-5,12H,6H2,1-3H3,(H,13,14). The van der Waals surface area contributed by atoms with Gasteiger partial charge in [0.1, 0.15) is 4.21 Å². The summed E-state index contributed by atoms with van der Waals surface area (Å²) in [7, 11) is -3.61. The molecule has 1 rings (SSSR count). The highest BCUT2D eigenvalue weighted by Gasteiger charge is 2.19. The second-order valence-electron chi connectivity index (χ2n) is 4.68. The van der Waals surface area contributed by atoms with E-state index in [0.717, 1.165) is 15.1 Å². The van der Waals surface area contributed by atoms with Gasteiger partial charge in [-0.3, -0.25) is 4.79 Å². The predicted molar refractivity (Wildman–Crippen MR) is 75.1 cm³/mol. The maximum Gasteiger partial charge on any atom is 0.250 e. The van der Waals surface area contributed by atoms with Crippen LogP contribution in [-0.4, -0.2) is 26.4 Å². The second-order valence-corrected chi connectivity index (χ2v) is 9.14. The topological polar surface area (TPSA) is 75.3 Å². The van der Waals surface area contributed by atoms with Gasteiger partial charge in [0.2, 0.25) is 5.91 Å². The van der Waals surface area contributed by atoms with Crippen molar-refractivity contribution in [2.24, 2.45) is 0 Å². The zero-order chi connectivity index (χ0) is 14.0. The van der Waals surface area contributed by atoms with Crippen molar-refractivity contribution in [3.8, 4) is 0 Å². The van der Waals surface area contributed by atoms with Crippen LogP contribution >= 0.6 is 27.3 Å². The lowest BCUT2D eigenvalue weighted by atomic mass is 10.1. The Bertz CT molecular complexity index is 532. The van der Waals surface area contributed by atoms with E-state index in [1.165, 1.54) is 6.07 Å². The largest absolute Gasteiger partial charge is 0.350 e. The molecular weight excluding hydrogens is 340 g/mol. The molecule has 0 unspecified atom stereocenters. The molecule has 1 aromatic heterocycles. The molecule has 0 aliphatic carbocycles. The van der Waals surface area contributed by atoms with Crippen molar-refractivity contribution in [1.29, 1.82) is 0 Å². The van der Waals surface area contributed by atoms with Gasteiger partial charge in [-0.25, -0.2) is 13.1 Å². The van der Waals surface area contributed by atoms with Gasteiger partial charge in [-0.15, -0.1) is 11.3 Å². The Hall–Kier alpha value is -0.440. The third-order valence-electron chi connectivity index (χ3n) is 1.75. The molecule has 0 saturated heterocycles. The third-order valence-corrected chi connectivity index (χ3v) is 5.27. The minimum Gasteiger partial charge on any atom is -0.350 e. The molecule has 0 aliphatic heterocycles. The average Bonchev–Trinajstić information content (AvgIpc) is 2.60. The number of carbonyl (C=O) groups excluding carboxylic acids is 1. The second kappa shape index (κ2) is 5.68. The molecule has 1 amide bonds. The molecule has 0 aliphatic rings. The van der Waals surface area contributed by atoms with Crippen molar-refractivity contribution in [3.63, 3.8) is 0 Å². The fourth-order valence-electron chi connectivity index (χ4n) is 1.14. The number of amides is 1. The molecule has 2 N–H and O–H groups in total. The highest BCUT2D eigenvalue weighted by Crippen LogP contribution is 2.25. The van der Waals surface area contributed by atoms with E-state index < -0.39 is 10.0 Å². The quantitative estimate of drug-likeness (QED) is 0.863. The minimum atomic E-state index is -3.61. The number of carbonyl (C=O) groups is 1. The summed E-state index contributed by atoms with van der Waals surface area (Å²) in [4.78, 5) is 11.5. The normalized spacial score (nSPS) is 12.4. The van der Waals surface area contributed by atoms with E-state index >= 15 is 0 Å². The van der Waals surface area contributed by atoms with Crippen molar-refractivity contribution >= 4 is 43.2 Å². The lowest BCUT2D eigenvalue weighted by Gasteiger charge is -2.20. The van der Waals surface area contributed by atoms with E-state index in [1.807, 2.05) is 20.8 Å². The first-order valence-electron chi connectivity index (χ1n) is 5.16. The Morgan fingerprint density at radius 1 is 1.39 bits per heavy atom. The van der Waals surface area contributed by atoms with Crippen LogP contribution in [0.15, 0.2) is 20.1 Å². The number of halogens is 1. The highest BCUT2D eigenvalue weighted by molar-refractivity contribution is 9.11. The van der Waals surface area contributed by atoms with Gasteiger partial charge in [0.15, 0.2) is 0 Å². The summed E-state index contributed by atoms with van der Waals surface area (Å²) in [6, 6.07) is 3.13. The first kappa shape index (κ1) is 15.6. The van der Waals surface area contributed by atoms with Crippen LogP contribution in [0, 0.1) is 0 Å². The van der Waals surface area contributed by atoms with E-state index in [4.69, 9.17) is 0 Å². The lowest BCUT2D eigenvalue weighted by Crippen LogP contribution is -2.45. The summed E-state index contributed by atoms with van der Waals surface area (Å²) >= 11 is 4.29. The van der Waals surface area contributed by atoms with Gasteiger partial charge in [-0.2, -0.15) is 0 Å². The molecule has 0 saturated carbocycles. The van der Waals surface area contributed by atoms with Crippen molar-refractivity contribution in [2.75, 3.05) is 6.54 Å². The van der Waals surface area contributed by atoms with Crippen molar-refractivity contribution in [3.05, 3.63) is 15.9 Å². The van der Waals surface area contributed by atoms with Crippen molar-refractivity contribution < 1.29 is 13.2 Å². The minimum absolute atomic E-state index is 0.179. The maximum absolute atomic E-state index is 11.8. The molecule has 8 heteroatoms. The SMILES string of the molecule is CC(C)(C)NC(=O)CNS(=O)(=O)c1ccc(Br)s1. The number of hydrogen-bond donors (Lipinski definition) is 2. The Morgan fingerprint density at radius 3 is 2.44 bits per heavy atom. The number of sulfonamides is 1. The van der Waals surface area contributed by atoms with Gasteiger partial charge in [0, 0.05) is 5.54 Å². The van der Waals surface area contributed by atoms with E-state index in [9.17, 15) is 13.2 Å². The summed E-state index contributed by atoms with van der Waals surface area (Å²) in [6.45, 7) is 5.22. The van der Waals surface area contributed by atoms with Crippen LogP contribution in [0.5, 0.6) is 0 Å². The van der Waals surface area contributed by atoms with Crippen LogP contribution in [0.2, 0.25) is 0 Å². The lowest BCUT2D eigenvalue weighted by molar-refractivity contribution is -0.121. The molecule has 102 valence electrons. The average molecular weight is 355 g/mol. The van der Waals surface area contributed by atoms with Gasteiger partial charge in [0.05, 0.1) is 10.3 Å². The van der Waals surface area contributed by atoms with Gasteiger partial charge in [-0.05, 0) is 48.8 Å². The number of rotatable bonds is 4. The molecule has 0 aromatic carbocycles. The first-order chi connectivity index (χ1) is 8.10. The summed E-state index contributed by atoms with van der Waals surface area (Å²) < 4.78 is 26.8. The smallest absolute Gasteiger partial charge is 0.250 e. The van der Waals surface area contributed by atoms with Crippen LogP contribution in [0.4, 0.5) is 0 Å². The Kier molecular flexibility index (Phi) is 4.93. The summed E-state index contributed by atoms with van der Waals surface area (Å²) in [5, 5.41) is 2.68. The van der Waals surface area contributed by atoms with Crippen LogP contribution in [0.3, 0.4) is 0 Å². The van der Waals surface area contributed by atoms with Gasteiger partial charge < -0.3 is 5.32 Å². The maximum atomic E-state index is 11.8.